The summed E-state index contributed by atoms with van der Waals surface area (Å²) in [6.45, 7) is 10.0. The molecule has 0 aliphatic carbocycles. The van der Waals surface area contributed by atoms with Crippen molar-refractivity contribution in [1.82, 2.24) is 29.8 Å². The van der Waals surface area contributed by atoms with Crippen molar-refractivity contribution >= 4 is 17.3 Å². The number of rotatable bonds is 3. The molecule has 26 heavy (non-hydrogen) atoms. The zero-order chi connectivity index (χ0) is 19.1. The van der Waals surface area contributed by atoms with Gasteiger partial charge in [0.15, 0.2) is 0 Å². The molecule has 10 nitrogen and oxygen atoms in total. The van der Waals surface area contributed by atoms with E-state index in [1.54, 1.807) is 16.7 Å². The lowest BCUT2D eigenvalue weighted by Gasteiger charge is -2.17. The number of imidazole rings is 1. The monoisotopic (exact) mass is 348 g/mol. The van der Waals surface area contributed by atoms with Crippen LogP contribution >= 0.6 is 0 Å². The first-order chi connectivity index (χ1) is 12.3. The highest BCUT2D eigenvalue weighted by Gasteiger charge is 2.22. The molecule has 0 unspecified atom stereocenters. The van der Waals surface area contributed by atoms with Crippen LogP contribution in [0.2, 0.25) is 0 Å². The Balaban J connectivity index is 2.13. The molecule has 3 heterocycles. The van der Waals surface area contributed by atoms with E-state index in [4.69, 9.17) is 10.5 Å². The van der Waals surface area contributed by atoms with E-state index < -0.39 is 0 Å². The second kappa shape index (κ2) is 6.08. The molecule has 0 saturated carbocycles. The maximum absolute atomic E-state index is 8.95. The van der Waals surface area contributed by atoms with Gasteiger partial charge < -0.3 is 19.6 Å². The molecule has 0 amide bonds. The standard InChI is InChI=1S/C16H16N10/c1-8(2)13-22-23-14-11(12(16(3,4)5)25-26(13)14)21-24-15-19-9(6-17)10(7-18)20-15/h8H,1-5H3/q-2. The molecular formula is C16H16N10-2. The number of azo groups is 1. The Morgan fingerprint density at radius 2 is 1.88 bits per heavy atom. The lowest BCUT2D eigenvalue weighted by Crippen LogP contribution is -2.13. The highest BCUT2D eigenvalue weighted by atomic mass is 15.4. The van der Waals surface area contributed by atoms with Gasteiger partial charge in [0, 0.05) is 22.8 Å². The molecule has 0 aromatic carbocycles. The van der Waals surface area contributed by atoms with Gasteiger partial charge >= 0.3 is 0 Å². The van der Waals surface area contributed by atoms with Gasteiger partial charge in [-0.05, 0) is 5.92 Å². The van der Waals surface area contributed by atoms with Crippen LogP contribution < -0.4 is 10.1 Å². The molecule has 10 heteroatoms. The van der Waals surface area contributed by atoms with Crippen molar-refractivity contribution in [2.24, 2.45) is 10.2 Å². The van der Waals surface area contributed by atoms with Gasteiger partial charge in [0.1, 0.15) is 12.1 Å². The summed E-state index contributed by atoms with van der Waals surface area (Å²) >= 11 is 0. The molecule has 3 aromatic rings. The van der Waals surface area contributed by atoms with Gasteiger partial charge in [-0.3, -0.25) is 15.3 Å². The van der Waals surface area contributed by atoms with Gasteiger partial charge in [-0.1, -0.05) is 34.6 Å². The first-order valence-electron chi connectivity index (χ1n) is 7.95. The van der Waals surface area contributed by atoms with Crippen molar-refractivity contribution < 1.29 is 0 Å². The van der Waals surface area contributed by atoms with E-state index in [1.807, 2.05) is 34.6 Å². The molecule has 0 aliphatic heterocycles. The van der Waals surface area contributed by atoms with E-state index in [2.05, 4.69) is 35.5 Å². The van der Waals surface area contributed by atoms with Gasteiger partial charge in [-0.15, -0.1) is 0 Å². The van der Waals surface area contributed by atoms with Crippen molar-refractivity contribution in [2.45, 2.75) is 46.0 Å². The Hall–Kier alpha value is -3.53. The minimum Gasteiger partial charge on any atom is -0.350 e. The molecule has 0 atom stereocenters. The minimum atomic E-state index is -0.300. The number of nitriles is 2. The molecule has 132 valence electrons. The molecule has 0 bridgehead atoms. The zero-order valence-electron chi connectivity index (χ0n) is 15.0. The summed E-state index contributed by atoms with van der Waals surface area (Å²) in [4.78, 5) is 7.77. The van der Waals surface area contributed by atoms with Crippen LogP contribution in [0.3, 0.4) is 0 Å². The third-order valence-electron chi connectivity index (χ3n) is 3.63. The summed E-state index contributed by atoms with van der Waals surface area (Å²) in [5.41, 5.74) is 1.22. The molecule has 0 saturated heterocycles. The lowest BCUT2D eigenvalue weighted by atomic mass is 9.91. The van der Waals surface area contributed by atoms with Crippen LogP contribution in [0.25, 0.3) is 5.65 Å². The number of fused-ring (bicyclic) bond motifs is 1. The van der Waals surface area contributed by atoms with E-state index in [0.717, 1.165) is 5.82 Å². The van der Waals surface area contributed by atoms with Crippen LogP contribution in [-0.4, -0.2) is 19.7 Å². The van der Waals surface area contributed by atoms with Crippen LogP contribution in [-0.2, 0) is 5.41 Å². The van der Waals surface area contributed by atoms with E-state index >= 15 is 0 Å². The van der Waals surface area contributed by atoms with Crippen molar-refractivity contribution in [3.05, 3.63) is 22.9 Å². The fourth-order valence-corrected chi connectivity index (χ4v) is 2.37. The average molecular weight is 348 g/mol. The Kier molecular flexibility index (Phi) is 4.04. The fraction of sp³-hybridized carbons (Fsp3) is 0.438. The Bertz CT molecular complexity index is 1040. The largest absolute Gasteiger partial charge is 0.350 e. The quantitative estimate of drug-likeness (QED) is 0.661. The van der Waals surface area contributed by atoms with Crippen LogP contribution in [0.4, 0.5) is 11.6 Å². The van der Waals surface area contributed by atoms with Crippen LogP contribution in [0, 0.1) is 22.7 Å². The SMILES string of the molecule is CC(C)c1n[n-]c2c(N=Nc3nc(C#N)c(C#N)[n-]3)c(C(C)(C)C)nn12. The summed E-state index contributed by atoms with van der Waals surface area (Å²) < 4.78 is 1.67. The Morgan fingerprint density at radius 1 is 1.15 bits per heavy atom. The fourth-order valence-electron chi connectivity index (χ4n) is 2.37. The molecule has 3 aromatic heterocycles. The molecule has 3 rings (SSSR count). The van der Waals surface area contributed by atoms with Crippen LogP contribution in [0.5, 0.6) is 0 Å². The summed E-state index contributed by atoms with van der Waals surface area (Å²) in [6.07, 6.45) is 0. The van der Waals surface area contributed by atoms with Gasteiger partial charge in [0.2, 0.25) is 0 Å². The van der Waals surface area contributed by atoms with E-state index in [0.29, 0.717) is 17.0 Å². The normalized spacial score (nSPS) is 12.2. The van der Waals surface area contributed by atoms with Gasteiger partial charge in [-0.25, -0.2) is 5.11 Å². The molecule has 0 aliphatic rings. The summed E-state index contributed by atoms with van der Waals surface area (Å²) in [7, 11) is 0. The second-order valence-electron chi connectivity index (χ2n) is 7.04. The van der Waals surface area contributed by atoms with Crippen molar-refractivity contribution in [2.75, 3.05) is 0 Å². The van der Waals surface area contributed by atoms with Gasteiger partial charge in [0.25, 0.3) is 0 Å². The molecule has 0 spiro atoms. The third kappa shape index (κ3) is 2.82. The zero-order valence-corrected chi connectivity index (χ0v) is 15.0. The first kappa shape index (κ1) is 17.3. The summed E-state index contributed by atoms with van der Waals surface area (Å²) in [5.74, 6) is 0.822. The van der Waals surface area contributed by atoms with E-state index in [-0.39, 0.29) is 28.7 Å². The molecule has 0 N–H and O–H groups in total. The maximum atomic E-state index is 8.95. The number of hydrogen-bond donors (Lipinski definition) is 0. The van der Waals surface area contributed by atoms with E-state index in [9.17, 15) is 0 Å². The van der Waals surface area contributed by atoms with Crippen molar-refractivity contribution in [1.29, 1.82) is 10.5 Å². The third-order valence-corrected chi connectivity index (χ3v) is 3.63. The smallest absolute Gasteiger partial charge is 0.104 e. The molecule has 0 fully saturated rings. The second-order valence-corrected chi connectivity index (χ2v) is 7.04. The van der Waals surface area contributed by atoms with Crippen LogP contribution in [0.1, 0.15) is 63.4 Å². The average Bonchev–Trinajstić information content (AvgIpc) is 3.24. The van der Waals surface area contributed by atoms with Gasteiger partial charge in [-0.2, -0.15) is 10.5 Å². The summed E-state index contributed by atoms with van der Waals surface area (Å²) in [5, 5.41) is 39.1. The van der Waals surface area contributed by atoms with Crippen molar-refractivity contribution in [3.8, 4) is 12.1 Å². The lowest BCUT2D eigenvalue weighted by molar-refractivity contribution is 0.558. The van der Waals surface area contributed by atoms with Crippen LogP contribution in [0.15, 0.2) is 10.2 Å². The number of hydrogen-bond acceptors (Lipinski definition) is 7. The number of aromatic nitrogens is 6. The Labute approximate surface area is 149 Å². The Morgan fingerprint density at radius 3 is 2.42 bits per heavy atom. The maximum Gasteiger partial charge on any atom is 0.104 e. The highest BCUT2D eigenvalue weighted by molar-refractivity contribution is 5.68. The minimum absolute atomic E-state index is 0.0547. The first-order valence-corrected chi connectivity index (χ1v) is 7.95. The predicted molar refractivity (Wildman–Crippen MR) is 90.3 cm³/mol. The highest BCUT2D eigenvalue weighted by Crippen LogP contribution is 2.35. The van der Waals surface area contributed by atoms with E-state index in [1.165, 1.54) is 0 Å². The topological polar surface area (TPSA) is 144 Å². The predicted octanol–water partition coefficient (Wildman–Crippen LogP) is 2.62. The number of nitrogens with zero attached hydrogens (tertiary/aromatic N) is 10. The summed E-state index contributed by atoms with van der Waals surface area (Å²) in [6, 6.07) is 3.61. The molecule has 0 radical (unpaired) electrons. The molecular weight excluding hydrogens is 332 g/mol. The van der Waals surface area contributed by atoms with Crippen molar-refractivity contribution in [3.63, 3.8) is 0 Å². The van der Waals surface area contributed by atoms with Gasteiger partial charge in [0.05, 0.1) is 22.8 Å².